The standard InChI is InChI=1S/C17H18N2O4/c1-9-6-5-7-14(10(9)2)19-16(21)13-8-12(17(22)23-4)11(3)18-15(13)20/h5-8H,1-4H3,(H,18,20)(H,19,21). The van der Waals surface area contributed by atoms with E-state index in [0.717, 1.165) is 11.1 Å². The number of aromatic nitrogens is 1. The minimum absolute atomic E-state index is 0.142. The molecule has 120 valence electrons. The summed E-state index contributed by atoms with van der Waals surface area (Å²) in [6.45, 7) is 5.38. The number of aryl methyl sites for hydroxylation is 2. The Kier molecular flexibility index (Phi) is 4.64. The van der Waals surface area contributed by atoms with E-state index in [0.29, 0.717) is 11.4 Å². The van der Waals surface area contributed by atoms with Crippen LogP contribution in [-0.2, 0) is 4.74 Å². The fourth-order valence-corrected chi connectivity index (χ4v) is 2.19. The molecule has 6 heteroatoms. The van der Waals surface area contributed by atoms with Gasteiger partial charge in [0.2, 0.25) is 0 Å². The highest BCUT2D eigenvalue weighted by Gasteiger charge is 2.18. The first-order chi connectivity index (χ1) is 10.8. The van der Waals surface area contributed by atoms with Gasteiger partial charge in [0.05, 0.1) is 12.7 Å². The van der Waals surface area contributed by atoms with Gasteiger partial charge >= 0.3 is 5.97 Å². The van der Waals surface area contributed by atoms with Gasteiger partial charge in [0.25, 0.3) is 11.5 Å². The largest absolute Gasteiger partial charge is 0.465 e. The molecule has 1 heterocycles. The second-order valence-electron chi connectivity index (χ2n) is 5.24. The maximum Gasteiger partial charge on any atom is 0.339 e. The van der Waals surface area contributed by atoms with E-state index in [1.165, 1.54) is 13.2 Å². The van der Waals surface area contributed by atoms with E-state index in [9.17, 15) is 14.4 Å². The van der Waals surface area contributed by atoms with Crippen molar-refractivity contribution in [3.05, 3.63) is 62.6 Å². The van der Waals surface area contributed by atoms with E-state index in [2.05, 4.69) is 15.0 Å². The molecular formula is C17H18N2O4. The molecule has 0 spiro atoms. The van der Waals surface area contributed by atoms with Crippen molar-refractivity contribution >= 4 is 17.6 Å². The van der Waals surface area contributed by atoms with Gasteiger partial charge in [0.1, 0.15) is 5.56 Å². The first-order valence-electron chi connectivity index (χ1n) is 7.05. The molecule has 6 nitrogen and oxygen atoms in total. The molecule has 23 heavy (non-hydrogen) atoms. The predicted molar refractivity (Wildman–Crippen MR) is 87.0 cm³/mol. The van der Waals surface area contributed by atoms with Crippen LogP contribution in [-0.4, -0.2) is 24.0 Å². The van der Waals surface area contributed by atoms with Crippen LogP contribution in [0.4, 0.5) is 5.69 Å². The quantitative estimate of drug-likeness (QED) is 0.851. The number of aromatic amines is 1. The maximum absolute atomic E-state index is 12.4. The number of carbonyl (C=O) groups excluding carboxylic acids is 2. The second kappa shape index (κ2) is 6.48. The number of anilines is 1. The van der Waals surface area contributed by atoms with E-state index in [1.807, 2.05) is 26.0 Å². The van der Waals surface area contributed by atoms with Crippen LogP contribution < -0.4 is 10.9 Å². The Labute approximate surface area is 133 Å². The molecule has 0 atom stereocenters. The van der Waals surface area contributed by atoms with Crippen LogP contribution in [0.5, 0.6) is 0 Å². The molecule has 0 unspecified atom stereocenters. The normalized spacial score (nSPS) is 10.3. The second-order valence-corrected chi connectivity index (χ2v) is 5.24. The minimum Gasteiger partial charge on any atom is -0.465 e. The molecule has 2 N–H and O–H groups in total. The number of H-pyrrole nitrogens is 1. The number of rotatable bonds is 3. The van der Waals surface area contributed by atoms with Gasteiger partial charge in [-0.1, -0.05) is 12.1 Å². The first-order valence-corrected chi connectivity index (χ1v) is 7.05. The zero-order valence-electron chi connectivity index (χ0n) is 13.4. The fourth-order valence-electron chi connectivity index (χ4n) is 2.19. The van der Waals surface area contributed by atoms with Crippen LogP contribution in [0.1, 0.15) is 37.5 Å². The van der Waals surface area contributed by atoms with Gasteiger partial charge in [0.15, 0.2) is 0 Å². The monoisotopic (exact) mass is 314 g/mol. The number of pyridine rings is 1. The Morgan fingerprint density at radius 2 is 1.83 bits per heavy atom. The van der Waals surface area contributed by atoms with Gasteiger partial charge in [0, 0.05) is 11.4 Å². The number of ether oxygens (including phenoxy) is 1. The highest BCUT2D eigenvalue weighted by Crippen LogP contribution is 2.18. The zero-order chi connectivity index (χ0) is 17.1. The van der Waals surface area contributed by atoms with E-state index in [-0.39, 0.29) is 11.1 Å². The highest BCUT2D eigenvalue weighted by molar-refractivity contribution is 6.05. The van der Waals surface area contributed by atoms with E-state index in [1.54, 1.807) is 13.0 Å². The third kappa shape index (κ3) is 3.31. The number of esters is 1. The van der Waals surface area contributed by atoms with Crippen LogP contribution >= 0.6 is 0 Å². The lowest BCUT2D eigenvalue weighted by Crippen LogP contribution is -2.26. The number of benzene rings is 1. The molecule has 1 aromatic heterocycles. The minimum atomic E-state index is -0.612. The zero-order valence-corrected chi connectivity index (χ0v) is 13.4. The Hall–Kier alpha value is -2.89. The molecule has 1 amide bonds. The first kappa shape index (κ1) is 16.5. The summed E-state index contributed by atoms with van der Waals surface area (Å²) in [6.07, 6.45) is 0. The SMILES string of the molecule is COC(=O)c1cc(C(=O)Nc2cccc(C)c2C)c(=O)[nH]c1C. The Morgan fingerprint density at radius 3 is 2.48 bits per heavy atom. The van der Waals surface area contributed by atoms with E-state index < -0.39 is 17.4 Å². The van der Waals surface area contributed by atoms with Gasteiger partial charge in [-0.05, 0) is 44.0 Å². The van der Waals surface area contributed by atoms with Crippen molar-refractivity contribution in [1.29, 1.82) is 0 Å². The number of hydrogen-bond acceptors (Lipinski definition) is 4. The van der Waals surface area contributed by atoms with Crippen molar-refractivity contribution in [2.45, 2.75) is 20.8 Å². The van der Waals surface area contributed by atoms with Crippen molar-refractivity contribution < 1.29 is 14.3 Å². The molecule has 0 bridgehead atoms. The molecule has 0 fully saturated rings. The van der Waals surface area contributed by atoms with Gasteiger partial charge in [-0.2, -0.15) is 0 Å². The van der Waals surface area contributed by atoms with Crippen molar-refractivity contribution in [3.63, 3.8) is 0 Å². The fraction of sp³-hybridized carbons (Fsp3) is 0.235. The summed E-state index contributed by atoms with van der Waals surface area (Å²) in [4.78, 5) is 38.6. The Bertz CT molecular complexity index is 837. The summed E-state index contributed by atoms with van der Waals surface area (Å²) in [5.74, 6) is -1.19. The molecule has 0 radical (unpaired) electrons. The summed E-state index contributed by atoms with van der Waals surface area (Å²) >= 11 is 0. The van der Waals surface area contributed by atoms with Crippen LogP contribution in [0.3, 0.4) is 0 Å². The molecule has 2 rings (SSSR count). The predicted octanol–water partition coefficient (Wildman–Crippen LogP) is 2.34. The summed E-state index contributed by atoms with van der Waals surface area (Å²) < 4.78 is 4.65. The molecule has 1 aromatic carbocycles. The van der Waals surface area contributed by atoms with Gasteiger partial charge in [-0.25, -0.2) is 4.79 Å². The Morgan fingerprint density at radius 1 is 1.13 bits per heavy atom. The van der Waals surface area contributed by atoms with E-state index in [4.69, 9.17) is 0 Å². The lowest BCUT2D eigenvalue weighted by atomic mass is 10.1. The van der Waals surface area contributed by atoms with Gasteiger partial charge in [-0.3, -0.25) is 9.59 Å². The Balaban J connectivity index is 2.41. The molecule has 0 aliphatic rings. The smallest absolute Gasteiger partial charge is 0.339 e. The van der Waals surface area contributed by atoms with Crippen molar-refractivity contribution in [3.8, 4) is 0 Å². The molecule has 2 aromatic rings. The average Bonchev–Trinajstić information content (AvgIpc) is 2.51. The number of carbonyl (C=O) groups is 2. The lowest BCUT2D eigenvalue weighted by molar-refractivity contribution is 0.0599. The third-order valence-electron chi connectivity index (χ3n) is 3.74. The number of methoxy groups -OCH3 is 1. The van der Waals surface area contributed by atoms with Gasteiger partial charge < -0.3 is 15.0 Å². The summed E-state index contributed by atoms with van der Waals surface area (Å²) in [6, 6.07) is 6.75. The summed E-state index contributed by atoms with van der Waals surface area (Å²) in [5.41, 5.74) is 2.36. The van der Waals surface area contributed by atoms with Crippen LogP contribution in [0, 0.1) is 20.8 Å². The molecule has 0 aliphatic carbocycles. The summed E-state index contributed by atoms with van der Waals surface area (Å²) in [5, 5.41) is 2.70. The number of hydrogen-bond donors (Lipinski definition) is 2. The lowest BCUT2D eigenvalue weighted by Gasteiger charge is -2.11. The molecule has 0 saturated heterocycles. The highest BCUT2D eigenvalue weighted by atomic mass is 16.5. The average molecular weight is 314 g/mol. The molecule has 0 aliphatic heterocycles. The van der Waals surface area contributed by atoms with Gasteiger partial charge in [-0.15, -0.1) is 0 Å². The number of amides is 1. The number of nitrogens with one attached hydrogen (secondary N) is 2. The van der Waals surface area contributed by atoms with Crippen LogP contribution in [0.2, 0.25) is 0 Å². The van der Waals surface area contributed by atoms with Crippen molar-refractivity contribution in [2.75, 3.05) is 12.4 Å². The third-order valence-corrected chi connectivity index (χ3v) is 3.74. The van der Waals surface area contributed by atoms with Crippen molar-refractivity contribution in [2.24, 2.45) is 0 Å². The van der Waals surface area contributed by atoms with E-state index >= 15 is 0 Å². The van der Waals surface area contributed by atoms with Crippen LogP contribution in [0.25, 0.3) is 0 Å². The topological polar surface area (TPSA) is 88.3 Å². The van der Waals surface area contributed by atoms with Crippen LogP contribution in [0.15, 0.2) is 29.1 Å². The molecule has 0 saturated carbocycles. The summed E-state index contributed by atoms with van der Waals surface area (Å²) in [7, 11) is 1.24. The van der Waals surface area contributed by atoms with Crippen molar-refractivity contribution in [1.82, 2.24) is 4.98 Å². The maximum atomic E-state index is 12.4. The molecular weight excluding hydrogens is 296 g/mol.